The Morgan fingerprint density at radius 1 is 1.04 bits per heavy atom. The van der Waals surface area contributed by atoms with Crippen molar-refractivity contribution in [2.75, 3.05) is 0 Å². The van der Waals surface area contributed by atoms with E-state index in [1.807, 2.05) is 35.8 Å². The number of amidine groups is 1. The predicted molar refractivity (Wildman–Crippen MR) is 93.7 cm³/mol. The van der Waals surface area contributed by atoms with E-state index < -0.39 is 0 Å². The SMILES string of the molecule is O=Cc1cccnc1C(=Nc1cccc(Oc2ccccc2)c1)NO. The smallest absolute Gasteiger partial charge is 0.177 e. The van der Waals surface area contributed by atoms with Gasteiger partial charge in [0, 0.05) is 17.8 Å². The summed E-state index contributed by atoms with van der Waals surface area (Å²) >= 11 is 0. The Kier molecular flexibility index (Phi) is 5.13. The molecule has 1 aromatic heterocycles. The van der Waals surface area contributed by atoms with Crippen LogP contribution in [0.3, 0.4) is 0 Å². The molecule has 6 heteroatoms. The van der Waals surface area contributed by atoms with Crippen LogP contribution in [0.15, 0.2) is 77.9 Å². The molecule has 3 aromatic rings. The number of nitrogens with zero attached hydrogens (tertiary/aromatic N) is 2. The molecule has 2 N–H and O–H groups in total. The van der Waals surface area contributed by atoms with Gasteiger partial charge in [-0.25, -0.2) is 4.99 Å². The maximum atomic E-state index is 11.1. The van der Waals surface area contributed by atoms with Gasteiger partial charge in [-0.15, -0.1) is 0 Å². The molecule has 0 bridgehead atoms. The minimum Gasteiger partial charge on any atom is -0.457 e. The van der Waals surface area contributed by atoms with Gasteiger partial charge >= 0.3 is 0 Å². The van der Waals surface area contributed by atoms with E-state index in [1.165, 1.54) is 6.20 Å². The van der Waals surface area contributed by atoms with Gasteiger partial charge in [0.25, 0.3) is 0 Å². The number of hydrogen-bond donors (Lipinski definition) is 2. The third-order valence-corrected chi connectivity index (χ3v) is 3.33. The Hall–Kier alpha value is -3.51. The van der Waals surface area contributed by atoms with Crippen LogP contribution in [-0.2, 0) is 0 Å². The molecule has 0 spiro atoms. The molecule has 0 saturated carbocycles. The Morgan fingerprint density at radius 2 is 1.84 bits per heavy atom. The number of benzene rings is 2. The average molecular weight is 333 g/mol. The molecule has 1 heterocycles. The number of hydroxylamine groups is 1. The predicted octanol–water partition coefficient (Wildman–Crippen LogP) is 3.74. The quantitative estimate of drug-likeness (QED) is 0.321. The van der Waals surface area contributed by atoms with Crippen molar-refractivity contribution in [2.24, 2.45) is 4.99 Å². The lowest BCUT2D eigenvalue weighted by atomic mass is 10.2. The average Bonchev–Trinajstić information content (AvgIpc) is 2.67. The lowest BCUT2D eigenvalue weighted by Gasteiger charge is -2.08. The van der Waals surface area contributed by atoms with Crippen LogP contribution >= 0.6 is 0 Å². The maximum Gasteiger partial charge on any atom is 0.177 e. The topological polar surface area (TPSA) is 83.8 Å². The lowest BCUT2D eigenvalue weighted by molar-refractivity contribution is 0.112. The van der Waals surface area contributed by atoms with Crippen molar-refractivity contribution in [3.8, 4) is 11.5 Å². The molecule has 0 atom stereocenters. The van der Waals surface area contributed by atoms with Crippen molar-refractivity contribution in [1.82, 2.24) is 10.5 Å². The number of pyridine rings is 1. The molecule has 0 aliphatic rings. The van der Waals surface area contributed by atoms with Gasteiger partial charge in [-0.1, -0.05) is 24.3 Å². The van der Waals surface area contributed by atoms with E-state index in [2.05, 4.69) is 9.98 Å². The van der Waals surface area contributed by atoms with Crippen LogP contribution in [0.1, 0.15) is 16.1 Å². The zero-order valence-corrected chi connectivity index (χ0v) is 13.2. The maximum absolute atomic E-state index is 11.1. The van der Waals surface area contributed by atoms with E-state index in [0.717, 1.165) is 0 Å². The molecule has 0 aliphatic carbocycles. The summed E-state index contributed by atoms with van der Waals surface area (Å²) in [6.45, 7) is 0. The first kappa shape index (κ1) is 16.4. The minimum atomic E-state index is 0.0690. The van der Waals surface area contributed by atoms with Crippen LogP contribution in [0.4, 0.5) is 5.69 Å². The van der Waals surface area contributed by atoms with Gasteiger partial charge in [-0.2, -0.15) is 0 Å². The Morgan fingerprint density at radius 3 is 2.60 bits per heavy atom. The first-order chi connectivity index (χ1) is 12.3. The summed E-state index contributed by atoms with van der Waals surface area (Å²) in [5, 5.41) is 9.40. The Bertz CT molecular complexity index is 895. The van der Waals surface area contributed by atoms with Crippen molar-refractivity contribution in [3.63, 3.8) is 0 Å². The zero-order chi connectivity index (χ0) is 17.5. The van der Waals surface area contributed by atoms with Crippen LogP contribution in [-0.4, -0.2) is 22.3 Å². The highest BCUT2D eigenvalue weighted by Crippen LogP contribution is 2.25. The third kappa shape index (κ3) is 4.07. The molecule has 124 valence electrons. The molecule has 3 rings (SSSR count). The van der Waals surface area contributed by atoms with Crippen LogP contribution in [0, 0.1) is 0 Å². The number of hydrogen-bond acceptors (Lipinski definition) is 5. The van der Waals surface area contributed by atoms with Gasteiger partial charge in [-0.3, -0.25) is 20.5 Å². The van der Waals surface area contributed by atoms with E-state index in [0.29, 0.717) is 29.0 Å². The van der Waals surface area contributed by atoms with Crippen LogP contribution in [0.25, 0.3) is 0 Å². The minimum absolute atomic E-state index is 0.0690. The second-order valence-corrected chi connectivity index (χ2v) is 5.04. The molecule has 0 amide bonds. The molecule has 2 aromatic carbocycles. The Balaban J connectivity index is 1.91. The van der Waals surface area contributed by atoms with E-state index in [-0.39, 0.29) is 11.5 Å². The monoisotopic (exact) mass is 333 g/mol. The molecule has 0 unspecified atom stereocenters. The molecule has 25 heavy (non-hydrogen) atoms. The number of ether oxygens (including phenoxy) is 1. The van der Waals surface area contributed by atoms with E-state index in [1.54, 1.807) is 36.4 Å². The number of aliphatic imine (C=N–C) groups is 1. The van der Waals surface area contributed by atoms with Crippen molar-refractivity contribution < 1.29 is 14.7 Å². The van der Waals surface area contributed by atoms with Gasteiger partial charge in [0.15, 0.2) is 12.1 Å². The van der Waals surface area contributed by atoms with Crippen molar-refractivity contribution in [2.45, 2.75) is 0 Å². The van der Waals surface area contributed by atoms with E-state index in [4.69, 9.17) is 4.74 Å². The van der Waals surface area contributed by atoms with E-state index in [9.17, 15) is 10.0 Å². The van der Waals surface area contributed by atoms with Crippen molar-refractivity contribution in [3.05, 3.63) is 84.2 Å². The van der Waals surface area contributed by atoms with Crippen LogP contribution in [0.5, 0.6) is 11.5 Å². The number of aldehydes is 1. The fourth-order valence-electron chi connectivity index (χ4n) is 2.21. The number of carbonyl (C=O) groups excluding carboxylic acids is 1. The summed E-state index contributed by atoms with van der Waals surface area (Å²) in [7, 11) is 0. The molecular formula is C19H15N3O3. The molecule has 0 radical (unpaired) electrons. The molecule has 0 fully saturated rings. The summed E-state index contributed by atoms with van der Waals surface area (Å²) in [5.74, 6) is 1.37. The highest BCUT2D eigenvalue weighted by Gasteiger charge is 2.10. The summed E-state index contributed by atoms with van der Waals surface area (Å²) in [5.41, 5.74) is 3.11. The molecule has 0 saturated heterocycles. The first-order valence-corrected chi connectivity index (χ1v) is 7.52. The first-order valence-electron chi connectivity index (χ1n) is 7.52. The number of para-hydroxylation sites is 1. The second-order valence-electron chi connectivity index (χ2n) is 5.04. The van der Waals surface area contributed by atoms with Crippen LogP contribution < -0.4 is 10.2 Å². The number of aromatic nitrogens is 1. The number of rotatable bonds is 5. The lowest BCUT2D eigenvalue weighted by Crippen LogP contribution is -2.22. The highest BCUT2D eigenvalue weighted by atomic mass is 16.5. The largest absolute Gasteiger partial charge is 0.457 e. The van der Waals surface area contributed by atoms with Gasteiger partial charge in [0.1, 0.15) is 17.2 Å². The van der Waals surface area contributed by atoms with Gasteiger partial charge in [0.05, 0.1) is 5.69 Å². The normalized spacial score (nSPS) is 11.0. The molecular weight excluding hydrogens is 318 g/mol. The summed E-state index contributed by atoms with van der Waals surface area (Å²) in [6, 6.07) is 19.6. The summed E-state index contributed by atoms with van der Waals surface area (Å²) < 4.78 is 5.76. The number of nitrogens with one attached hydrogen (secondary N) is 1. The van der Waals surface area contributed by atoms with Crippen LogP contribution in [0.2, 0.25) is 0 Å². The zero-order valence-electron chi connectivity index (χ0n) is 13.2. The van der Waals surface area contributed by atoms with Gasteiger partial charge in [-0.05, 0) is 36.4 Å². The fourth-order valence-corrected chi connectivity index (χ4v) is 2.21. The van der Waals surface area contributed by atoms with Gasteiger partial charge in [0.2, 0.25) is 0 Å². The third-order valence-electron chi connectivity index (χ3n) is 3.33. The standard InChI is InChI=1S/C19H15N3O3/c23-13-14-6-5-11-20-18(14)19(22-24)21-15-7-4-10-17(12-15)25-16-8-2-1-3-9-16/h1-13,24H,(H,21,22). The molecule has 6 nitrogen and oxygen atoms in total. The number of carbonyl (C=O) groups is 1. The molecule has 0 aliphatic heterocycles. The summed E-state index contributed by atoms with van der Waals surface area (Å²) in [4.78, 5) is 19.5. The summed E-state index contributed by atoms with van der Waals surface area (Å²) in [6.07, 6.45) is 2.17. The van der Waals surface area contributed by atoms with Gasteiger partial charge < -0.3 is 4.74 Å². The van der Waals surface area contributed by atoms with Crippen molar-refractivity contribution >= 4 is 17.8 Å². The highest BCUT2D eigenvalue weighted by molar-refractivity contribution is 6.03. The van der Waals surface area contributed by atoms with E-state index >= 15 is 0 Å². The fraction of sp³-hybridized carbons (Fsp3) is 0. The second kappa shape index (κ2) is 7.85. The Labute approximate surface area is 144 Å². The van der Waals surface area contributed by atoms with Crippen molar-refractivity contribution in [1.29, 1.82) is 0 Å².